The van der Waals surface area contributed by atoms with Gasteiger partial charge in [0.25, 0.3) is 0 Å². The first-order chi connectivity index (χ1) is 6.06. The van der Waals surface area contributed by atoms with Gasteiger partial charge < -0.3 is 15.6 Å². The van der Waals surface area contributed by atoms with Crippen molar-refractivity contribution in [3.63, 3.8) is 0 Å². The smallest absolute Gasteiger partial charge is 0.338 e. The minimum absolute atomic E-state index is 0.0694. The van der Waals surface area contributed by atoms with Gasteiger partial charge in [-0.1, -0.05) is 0 Å². The van der Waals surface area contributed by atoms with Crippen molar-refractivity contribution in [2.75, 3.05) is 6.54 Å². The maximum Gasteiger partial charge on any atom is 0.338 e. The van der Waals surface area contributed by atoms with Crippen LogP contribution in [0.2, 0.25) is 0 Å². The number of hydrogen-bond donors (Lipinski definition) is 2. The third-order valence-electron chi connectivity index (χ3n) is 0.915. The maximum atomic E-state index is 9.92. The molecule has 0 radical (unpaired) electrons. The molecular formula is C7H9NO5. The number of carbonyl (C=O) groups is 3. The first-order valence-corrected chi connectivity index (χ1v) is 3.42. The number of ether oxygens (including phenoxy) is 1. The van der Waals surface area contributed by atoms with Crippen LogP contribution in [0.15, 0.2) is 12.2 Å². The zero-order valence-corrected chi connectivity index (χ0v) is 6.73. The zero-order valence-electron chi connectivity index (χ0n) is 6.73. The van der Waals surface area contributed by atoms with Crippen molar-refractivity contribution in [1.29, 1.82) is 0 Å². The molecule has 0 aromatic carbocycles. The van der Waals surface area contributed by atoms with E-state index in [2.05, 4.69) is 4.74 Å². The summed E-state index contributed by atoms with van der Waals surface area (Å²) in [4.78, 5) is 29.4. The van der Waals surface area contributed by atoms with Crippen LogP contribution >= 0.6 is 0 Å². The van der Waals surface area contributed by atoms with Crippen molar-refractivity contribution in [2.24, 2.45) is 5.73 Å². The molecule has 0 spiro atoms. The first kappa shape index (κ1) is 11.3. The van der Waals surface area contributed by atoms with E-state index in [0.717, 1.165) is 12.2 Å². The molecule has 0 aliphatic carbocycles. The van der Waals surface area contributed by atoms with E-state index in [0.29, 0.717) is 0 Å². The maximum absolute atomic E-state index is 9.92. The molecule has 0 amide bonds. The largest absolute Gasteiger partial charge is 0.481 e. The van der Waals surface area contributed by atoms with E-state index < -0.39 is 17.9 Å². The predicted molar refractivity (Wildman–Crippen MR) is 41.5 cm³/mol. The normalized spacial score (nSPS) is 13.3. The molecule has 1 aliphatic heterocycles. The Bertz CT molecular complexity index is 229. The number of rotatable bonds is 2. The van der Waals surface area contributed by atoms with E-state index in [1.165, 1.54) is 0 Å². The van der Waals surface area contributed by atoms with E-state index in [1.54, 1.807) is 0 Å². The Balaban J connectivity index is 0.000000226. The number of nitrogens with two attached hydrogens (primary N) is 1. The molecule has 13 heavy (non-hydrogen) atoms. The molecule has 6 nitrogen and oxygen atoms in total. The topological polar surface area (TPSA) is 107 Å². The molecule has 0 aromatic heterocycles. The molecule has 0 saturated carbocycles. The highest BCUT2D eigenvalue weighted by atomic mass is 16.6. The summed E-state index contributed by atoms with van der Waals surface area (Å²) < 4.78 is 3.97. The molecule has 1 rings (SSSR count). The molecule has 0 aromatic rings. The number of carboxylic acids is 1. The fourth-order valence-electron chi connectivity index (χ4n) is 0.427. The van der Waals surface area contributed by atoms with Gasteiger partial charge in [-0.25, -0.2) is 9.59 Å². The summed E-state index contributed by atoms with van der Waals surface area (Å²) in [7, 11) is 0. The monoisotopic (exact) mass is 187 g/mol. The van der Waals surface area contributed by atoms with Crippen molar-refractivity contribution >= 4 is 17.9 Å². The number of aliphatic carboxylic acids is 1. The predicted octanol–water partition coefficient (Wildman–Crippen LogP) is -0.954. The van der Waals surface area contributed by atoms with Gasteiger partial charge >= 0.3 is 17.9 Å². The lowest BCUT2D eigenvalue weighted by molar-refractivity contribution is -0.150. The molecular weight excluding hydrogens is 178 g/mol. The summed E-state index contributed by atoms with van der Waals surface area (Å²) in [6.45, 7) is 0.231. The quantitative estimate of drug-likeness (QED) is 0.426. The van der Waals surface area contributed by atoms with Crippen molar-refractivity contribution < 1.29 is 24.2 Å². The molecule has 0 saturated heterocycles. The number of hydrogen-bond acceptors (Lipinski definition) is 5. The Hall–Kier alpha value is -1.69. The summed E-state index contributed by atoms with van der Waals surface area (Å²) in [5.74, 6) is -1.99. The SMILES string of the molecule is NCCC(=O)O.O=C1C=CC(=O)O1. The Morgan fingerprint density at radius 1 is 1.38 bits per heavy atom. The third-order valence-corrected chi connectivity index (χ3v) is 0.915. The van der Waals surface area contributed by atoms with Gasteiger partial charge in [0.1, 0.15) is 0 Å². The van der Waals surface area contributed by atoms with Crippen LogP contribution in [0.25, 0.3) is 0 Å². The minimum Gasteiger partial charge on any atom is -0.481 e. The molecule has 1 aliphatic rings. The summed E-state index contributed by atoms with van der Waals surface area (Å²) in [5, 5.41) is 7.83. The third kappa shape index (κ3) is 6.70. The standard InChI is InChI=1S/C4H2O3.C3H7NO2/c5-3-1-2-4(6)7-3;4-2-1-3(5)6/h1-2H;1-2,4H2,(H,5,6). The lowest BCUT2D eigenvalue weighted by atomic mass is 10.5. The van der Waals surface area contributed by atoms with Crippen LogP contribution in [-0.4, -0.2) is 29.6 Å². The van der Waals surface area contributed by atoms with Gasteiger partial charge in [0.15, 0.2) is 0 Å². The summed E-state index contributed by atoms with van der Waals surface area (Å²) in [6.07, 6.45) is 2.24. The highest BCUT2D eigenvalue weighted by Gasteiger charge is 2.10. The molecule has 0 fully saturated rings. The second-order valence-electron chi connectivity index (χ2n) is 2.01. The number of cyclic esters (lactones) is 2. The van der Waals surface area contributed by atoms with E-state index in [1.807, 2.05) is 0 Å². The summed E-state index contributed by atoms with van der Waals surface area (Å²) in [6, 6.07) is 0. The average Bonchev–Trinajstić information content (AvgIpc) is 2.35. The van der Waals surface area contributed by atoms with Crippen molar-refractivity contribution in [3.8, 4) is 0 Å². The van der Waals surface area contributed by atoms with Crippen molar-refractivity contribution in [3.05, 3.63) is 12.2 Å². The second kappa shape index (κ2) is 5.90. The zero-order chi connectivity index (χ0) is 10.3. The average molecular weight is 187 g/mol. The van der Waals surface area contributed by atoms with Gasteiger partial charge in [0.2, 0.25) is 0 Å². The van der Waals surface area contributed by atoms with E-state index >= 15 is 0 Å². The molecule has 6 heteroatoms. The first-order valence-electron chi connectivity index (χ1n) is 3.42. The minimum atomic E-state index is -0.836. The van der Waals surface area contributed by atoms with Crippen LogP contribution in [0.1, 0.15) is 6.42 Å². The Kier molecular flexibility index (Phi) is 5.13. The molecule has 0 unspecified atom stereocenters. The van der Waals surface area contributed by atoms with Crippen LogP contribution < -0.4 is 5.73 Å². The highest BCUT2D eigenvalue weighted by molar-refractivity contribution is 6.04. The highest BCUT2D eigenvalue weighted by Crippen LogP contribution is 1.92. The molecule has 72 valence electrons. The van der Waals surface area contributed by atoms with Crippen LogP contribution in [0.3, 0.4) is 0 Å². The van der Waals surface area contributed by atoms with Crippen LogP contribution in [0.4, 0.5) is 0 Å². The number of carbonyl (C=O) groups excluding carboxylic acids is 2. The fourth-order valence-corrected chi connectivity index (χ4v) is 0.427. The van der Waals surface area contributed by atoms with Gasteiger partial charge in [-0.3, -0.25) is 4.79 Å². The van der Waals surface area contributed by atoms with Gasteiger partial charge in [0, 0.05) is 18.7 Å². The van der Waals surface area contributed by atoms with Crippen molar-refractivity contribution in [1.82, 2.24) is 0 Å². The number of esters is 2. The van der Waals surface area contributed by atoms with Crippen molar-refractivity contribution in [2.45, 2.75) is 6.42 Å². The molecule has 0 bridgehead atoms. The summed E-state index contributed by atoms with van der Waals surface area (Å²) >= 11 is 0. The van der Waals surface area contributed by atoms with E-state index in [4.69, 9.17) is 10.8 Å². The van der Waals surface area contributed by atoms with Gasteiger partial charge in [-0.2, -0.15) is 0 Å². The Morgan fingerprint density at radius 3 is 1.92 bits per heavy atom. The van der Waals surface area contributed by atoms with Gasteiger partial charge in [-0.15, -0.1) is 0 Å². The fraction of sp³-hybridized carbons (Fsp3) is 0.286. The summed E-state index contributed by atoms with van der Waals surface area (Å²) in [5.41, 5.74) is 4.85. The Labute approximate surface area is 74.0 Å². The van der Waals surface area contributed by atoms with E-state index in [9.17, 15) is 14.4 Å². The van der Waals surface area contributed by atoms with E-state index in [-0.39, 0.29) is 13.0 Å². The van der Waals surface area contributed by atoms with Crippen LogP contribution in [0, 0.1) is 0 Å². The second-order valence-corrected chi connectivity index (χ2v) is 2.01. The van der Waals surface area contributed by atoms with Crippen LogP contribution in [-0.2, 0) is 19.1 Å². The lowest BCUT2D eigenvalue weighted by Crippen LogP contribution is -2.05. The van der Waals surface area contributed by atoms with Gasteiger partial charge in [-0.05, 0) is 0 Å². The Morgan fingerprint density at radius 2 is 1.85 bits per heavy atom. The molecule has 3 N–H and O–H groups in total. The number of carboxylic acid groups (broad SMARTS) is 1. The lowest BCUT2D eigenvalue weighted by Gasteiger charge is -1.80. The molecule has 0 atom stereocenters. The molecule has 1 heterocycles. The van der Waals surface area contributed by atoms with Gasteiger partial charge in [0.05, 0.1) is 6.42 Å². The van der Waals surface area contributed by atoms with Crippen LogP contribution in [0.5, 0.6) is 0 Å².